The van der Waals surface area contributed by atoms with Gasteiger partial charge in [0.05, 0.1) is 15.5 Å². The first kappa shape index (κ1) is 11.8. The summed E-state index contributed by atoms with van der Waals surface area (Å²) in [6, 6.07) is 6.97. The number of halogens is 1. The van der Waals surface area contributed by atoms with E-state index < -0.39 is 22.4 Å². The van der Waals surface area contributed by atoms with Crippen LogP contribution in [0.15, 0.2) is 10.4 Å². The summed E-state index contributed by atoms with van der Waals surface area (Å²) in [4.78, 5) is 0. The van der Waals surface area contributed by atoms with Crippen LogP contribution in [0.3, 0.4) is 0 Å². The van der Waals surface area contributed by atoms with Crippen LogP contribution in [0.25, 0.3) is 0 Å². The van der Waals surface area contributed by atoms with Crippen LogP contribution >= 0.6 is 23.4 Å². The van der Waals surface area contributed by atoms with Crippen molar-refractivity contribution in [3.8, 4) is 24.3 Å². The minimum absolute atomic E-state index is 0.369. The van der Waals surface area contributed by atoms with Crippen LogP contribution in [0.2, 0.25) is 0 Å². The van der Waals surface area contributed by atoms with E-state index in [0.29, 0.717) is 4.36 Å². The third-order valence-electron chi connectivity index (χ3n) is 2.73. The standard InChI is InChI=1S/C10H3ClN4OS/c11-7-1-6-8(17-7)10(4-14,5-15)16-9(6,2-12)3-13/h1,6,8H. The summed E-state index contributed by atoms with van der Waals surface area (Å²) in [5.41, 5.74) is -3.63. The fraction of sp³-hybridized carbons (Fsp3) is 0.400. The zero-order chi connectivity index (χ0) is 12.7. The van der Waals surface area contributed by atoms with E-state index in [1.54, 1.807) is 24.3 Å². The van der Waals surface area contributed by atoms with Crippen LogP contribution in [0.1, 0.15) is 0 Å². The lowest BCUT2D eigenvalue weighted by Gasteiger charge is -2.17. The van der Waals surface area contributed by atoms with Crippen molar-refractivity contribution in [2.24, 2.45) is 5.92 Å². The van der Waals surface area contributed by atoms with Crippen molar-refractivity contribution < 1.29 is 4.74 Å². The molecule has 0 aliphatic carbocycles. The average Bonchev–Trinajstić information content (AvgIpc) is 2.85. The molecule has 0 saturated carbocycles. The van der Waals surface area contributed by atoms with Gasteiger partial charge in [0.15, 0.2) is 0 Å². The van der Waals surface area contributed by atoms with E-state index in [-0.39, 0.29) is 0 Å². The molecule has 0 aromatic carbocycles. The molecule has 0 spiro atoms. The molecule has 2 unspecified atom stereocenters. The van der Waals surface area contributed by atoms with Gasteiger partial charge in [0.25, 0.3) is 11.2 Å². The quantitative estimate of drug-likeness (QED) is 0.653. The average molecular weight is 263 g/mol. The molecule has 2 rings (SSSR count). The maximum atomic E-state index is 9.08. The Kier molecular flexibility index (Phi) is 2.53. The van der Waals surface area contributed by atoms with Crippen molar-refractivity contribution in [2.75, 3.05) is 0 Å². The lowest BCUT2D eigenvalue weighted by molar-refractivity contribution is 0.0154. The number of thioether (sulfide) groups is 1. The molecule has 0 aromatic rings. The molecule has 0 bridgehead atoms. The molecule has 17 heavy (non-hydrogen) atoms. The highest BCUT2D eigenvalue weighted by Crippen LogP contribution is 2.55. The molecule has 82 valence electrons. The van der Waals surface area contributed by atoms with E-state index in [1.807, 2.05) is 0 Å². The summed E-state index contributed by atoms with van der Waals surface area (Å²) in [5, 5.41) is 35.7. The maximum absolute atomic E-state index is 9.08. The van der Waals surface area contributed by atoms with E-state index >= 15 is 0 Å². The third-order valence-corrected chi connectivity index (χ3v) is 4.37. The molecule has 2 aliphatic heterocycles. The van der Waals surface area contributed by atoms with E-state index in [0.717, 1.165) is 11.8 Å². The van der Waals surface area contributed by atoms with Crippen molar-refractivity contribution in [3.63, 3.8) is 0 Å². The van der Waals surface area contributed by atoms with Gasteiger partial charge in [0, 0.05) is 0 Å². The van der Waals surface area contributed by atoms with E-state index in [1.165, 1.54) is 6.08 Å². The minimum atomic E-state index is -1.82. The molecule has 0 aromatic heterocycles. The predicted octanol–water partition coefficient (Wildman–Crippen LogP) is 1.40. The van der Waals surface area contributed by atoms with E-state index in [2.05, 4.69) is 0 Å². The number of rotatable bonds is 0. The fourth-order valence-corrected chi connectivity index (χ4v) is 3.55. The monoisotopic (exact) mass is 262 g/mol. The Bertz CT molecular complexity index is 545. The van der Waals surface area contributed by atoms with E-state index in [9.17, 15) is 0 Å². The SMILES string of the molecule is N#CC1(C#N)OC(C#N)(C#N)C2SC(Cl)=CC21. The number of fused-ring (bicyclic) bond motifs is 1. The van der Waals surface area contributed by atoms with Gasteiger partial charge in [-0.25, -0.2) is 0 Å². The Labute approximate surface area is 106 Å². The predicted molar refractivity (Wildman–Crippen MR) is 57.8 cm³/mol. The van der Waals surface area contributed by atoms with Gasteiger partial charge in [0.2, 0.25) is 0 Å². The van der Waals surface area contributed by atoms with Crippen molar-refractivity contribution in [2.45, 2.75) is 16.5 Å². The number of hydrogen-bond donors (Lipinski definition) is 0. The molecule has 0 radical (unpaired) electrons. The number of ether oxygens (including phenoxy) is 1. The highest BCUT2D eigenvalue weighted by molar-refractivity contribution is 8.05. The smallest absolute Gasteiger partial charge is 0.256 e. The zero-order valence-electron chi connectivity index (χ0n) is 8.22. The first-order chi connectivity index (χ1) is 8.07. The third kappa shape index (κ3) is 1.33. The molecule has 0 amide bonds. The van der Waals surface area contributed by atoms with Crippen molar-refractivity contribution >= 4 is 23.4 Å². The number of nitrogens with zero attached hydrogens (tertiary/aromatic N) is 4. The second kappa shape index (κ2) is 3.66. The van der Waals surface area contributed by atoms with Crippen molar-refractivity contribution in [1.29, 1.82) is 21.0 Å². The van der Waals surface area contributed by atoms with Gasteiger partial charge in [-0.1, -0.05) is 11.6 Å². The van der Waals surface area contributed by atoms with E-state index in [4.69, 9.17) is 37.4 Å². The van der Waals surface area contributed by atoms with Crippen LogP contribution < -0.4 is 0 Å². The molecule has 2 aliphatic rings. The Morgan fingerprint density at radius 1 is 1.12 bits per heavy atom. The number of hydrogen-bond acceptors (Lipinski definition) is 6. The Balaban J connectivity index is 2.60. The second-order valence-corrected chi connectivity index (χ2v) is 5.37. The van der Waals surface area contributed by atoms with Gasteiger partial charge in [0.1, 0.15) is 24.3 Å². The minimum Gasteiger partial charge on any atom is -0.311 e. The van der Waals surface area contributed by atoms with Crippen LogP contribution in [0.5, 0.6) is 0 Å². The summed E-state index contributed by atoms with van der Waals surface area (Å²) in [6.45, 7) is 0. The van der Waals surface area contributed by atoms with Gasteiger partial charge in [-0.15, -0.1) is 11.8 Å². The highest BCUT2D eigenvalue weighted by atomic mass is 35.5. The zero-order valence-corrected chi connectivity index (χ0v) is 9.79. The maximum Gasteiger partial charge on any atom is 0.256 e. The summed E-state index contributed by atoms with van der Waals surface area (Å²) >= 11 is 6.91. The first-order valence-corrected chi connectivity index (χ1v) is 5.72. The normalized spacial score (nSPS) is 31.2. The van der Waals surface area contributed by atoms with Gasteiger partial charge in [-0.3, -0.25) is 0 Å². The largest absolute Gasteiger partial charge is 0.311 e. The van der Waals surface area contributed by atoms with Gasteiger partial charge in [-0.2, -0.15) is 21.0 Å². The Morgan fingerprint density at radius 3 is 2.12 bits per heavy atom. The summed E-state index contributed by atoms with van der Waals surface area (Å²) in [5.74, 6) is -0.672. The summed E-state index contributed by atoms with van der Waals surface area (Å²) in [7, 11) is 0. The van der Waals surface area contributed by atoms with Crippen molar-refractivity contribution in [1.82, 2.24) is 0 Å². The molecule has 7 heteroatoms. The molecule has 5 nitrogen and oxygen atoms in total. The summed E-state index contributed by atoms with van der Waals surface area (Å²) < 4.78 is 5.55. The number of nitriles is 4. The van der Waals surface area contributed by atoms with Crippen LogP contribution in [-0.4, -0.2) is 16.5 Å². The van der Waals surface area contributed by atoms with Gasteiger partial charge >= 0.3 is 0 Å². The lowest BCUT2D eigenvalue weighted by atomic mass is 9.86. The molecular formula is C10H3ClN4OS. The molecule has 2 heterocycles. The molecule has 2 atom stereocenters. The van der Waals surface area contributed by atoms with Crippen LogP contribution in [0.4, 0.5) is 0 Å². The Morgan fingerprint density at radius 2 is 1.65 bits per heavy atom. The first-order valence-electron chi connectivity index (χ1n) is 4.46. The molecule has 1 fully saturated rings. The van der Waals surface area contributed by atoms with Crippen LogP contribution in [0, 0.1) is 51.2 Å². The van der Waals surface area contributed by atoms with Crippen LogP contribution in [-0.2, 0) is 4.74 Å². The molecule has 1 saturated heterocycles. The fourth-order valence-electron chi connectivity index (χ4n) is 1.93. The second-order valence-electron chi connectivity index (χ2n) is 3.56. The van der Waals surface area contributed by atoms with Gasteiger partial charge in [-0.05, 0) is 6.08 Å². The van der Waals surface area contributed by atoms with Crippen molar-refractivity contribution in [3.05, 3.63) is 10.4 Å². The highest BCUT2D eigenvalue weighted by Gasteiger charge is 2.66. The molecule has 0 N–H and O–H groups in total. The topological polar surface area (TPSA) is 104 Å². The lowest BCUT2D eigenvalue weighted by Crippen LogP contribution is -2.35. The molecular weight excluding hydrogens is 260 g/mol. The Hall–Kier alpha value is -1.70. The summed E-state index contributed by atoms with van der Waals surface area (Å²) in [6.07, 6.45) is 1.50. The van der Waals surface area contributed by atoms with Gasteiger partial charge < -0.3 is 4.74 Å².